The van der Waals surface area contributed by atoms with E-state index in [-0.39, 0.29) is 11.6 Å². The number of carbonyl (C=O) groups excluding carboxylic acids is 1. The van der Waals surface area contributed by atoms with E-state index in [1.54, 1.807) is 4.31 Å². The van der Waals surface area contributed by atoms with Crippen molar-refractivity contribution in [2.45, 2.75) is 31.7 Å². The van der Waals surface area contributed by atoms with E-state index in [0.29, 0.717) is 32.7 Å². The summed E-state index contributed by atoms with van der Waals surface area (Å²) >= 11 is 0. The molecule has 3 rings (SSSR count). The normalized spacial score (nSPS) is 24.4. The monoisotopic (exact) mass is 408 g/mol. The molecule has 0 aromatic heterocycles. The van der Waals surface area contributed by atoms with E-state index in [2.05, 4.69) is 29.3 Å². The number of amides is 2. The van der Waals surface area contributed by atoms with Crippen molar-refractivity contribution in [2.24, 2.45) is 0 Å². The van der Waals surface area contributed by atoms with Crippen LogP contribution in [0.1, 0.15) is 25.3 Å². The lowest BCUT2D eigenvalue weighted by Crippen LogP contribution is -2.60. The summed E-state index contributed by atoms with van der Waals surface area (Å²) in [6.07, 6.45) is 3.89. The predicted molar refractivity (Wildman–Crippen MR) is 111 cm³/mol. The van der Waals surface area contributed by atoms with Gasteiger partial charge in [0.15, 0.2) is 0 Å². The van der Waals surface area contributed by atoms with Crippen LogP contribution in [-0.4, -0.2) is 86.2 Å². The Labute approximate surface area is 168 Å². The molecule has 0 bridgehead atoms. The molecule has 2 amide bonds. The van der Waals surface area contributed by atoms with Gasteiger partial charge in [-0.25, -0.2) is 17.5 Å². The third-order valence-corrected chi connectivity index (χ3v) is 7.44. The minimum Gasteiger partial charge on any atom is -0.338 e. The maximum atomic E-state index is 12.5. The molecule has 28 heavy (non-hydrogen) atoms. The van der Waals surface area contributed by atoms with E-state index in [1.807, 2.05) is 23.1 Å². The first-order chi connectivity index (χ1) is 13.3. The van der Waals surface area contributed by atoms with Crippen LogP contribution >= 0.6 is 0 Å². The molecular formula is C20H32N4O3S. The molecule has 2 aliphatic rings. The lowest BCUT2D eigenvalue weighted by Gasteiger charge is -2.45. The highest BCUT2D eigenvalue weighted by Crippen LogP contribution is 2.33. The average molecular weight is 409 g/mol. The number of rotatable bonds is 6. The van der Waals surface area contributed by atoms with Crippen molar-refractivity contribution < 1.29 is 13.2 Å². The zero-order valence-electron chi connectivity index (χ0n) is 16.9. The van der Waals surface area contributed by atoms with Crippen LogP contribution in [0.5, 0.6) is 0 Å². The molecule has 0 aliphatic carbocycles. The summed E-state index contributed by atoms with van der Waals surface area (Å²) in [5, 5.41) is 3.02. The third-order valence-electron chi connectivity index (χ3n) is 6.19. The Morgan fingerprint density at radius 1 is 1.11 bits per heavy atom. The van der Waals surface area contributed by atoms with Crippen molar-refractivity contribution in [3.8, 4) is 0 Å². The number of hydrogen-bond donors (Lipinski definition) is 1. The van der Waals surface area contributed by atoms with Gasteiger partial charge in [-0.3, -0.25) is 4.90 Å². The molecule has 8 heteroatoms. The number of carbonyl (C=O) groups is 1. The zero-order valence-corrected chi connectivity index (χ0v) is 17.7. The average Bonchev–Trinajstić information content (AvgIpc) is 3.15. The molecule has 156 valence electrons. The standard InChI is InChI=1S/C20H32N4O3S/c1-3-20(10-12-24(17-20)28(2,26)27)23-15-13-22(14-16-23)19(25)21-11-9-18-7-5-4-6-8-18/h4-8H,3,9-17H2,1-2H3,(H,21,25). The third kappa shape index (κ3) is 4.85. The molecule has 1 unspecified atom stereocenters. The molecule has 0 spiro atoms. The molecule has 0 saturated carbocycles. The fraction of sp³-hybridized carbons (Fsp3) is 0.650. The highest BCUT2D eigenvalue weighted by atomic mass is 32.2. The molecule has 1 atom stereocenters. The van der Waals surface area contributed by atoms with Crippen LogP contribution in [0.15, 0.2) is 30.3 Å². The molecule has 2 heterocycles. The maximum absolute atomic E-state index is 12.5. The predicted octanol–water partition coefficient (Wildman–Crippen LogP) is 1.37. The van der Waals surface area contributed by atoms with Crippen molar-refractivity contribution in [1.82, 2.24) is 19.4 Å². The molecule has 2 aliphatic heterocycles. The lowest BCUT2D eigenvalue weighted by atomic mass is 9.92. The van der Waals surface area contributed by atoms with E-state index in [1.165, 1.54) is 11.8 Å². The molecule has 7 nitrogen and oxygen atoms in total. The summed E-state index contributed by atoms with van der Waals surface area (Å²) in [7, 11) is -3.15. The van der Waals surface area contributed by atoms with Crippen molar-refractivity contribution in [1.29, 1.82) is 0 Å². The van der Waals surface area contributed by atoms with Gasteiger partial charge in [0.25, 0.3) is 0 Å². The van der Waals surface area contributed by atoms with E-state index in [4.69, 9.17) is 0 Å². The van der Waals surface area contributed by atoms with E-state index < -0.39 is 10.0 Å². The van der Waals surface area contributed by atoms with Gasteiger partial charge in [-0.15, -0.1) is 0 Å². The molecular weight excluding hydrogens is 376 g/mol. The number of urea groups is 1. The van der Waals surface area contributed by atoms with Crippen LogP contribution in [0.4, 0.5) is 4.79 Å². The molecule has 1 N–H and O–H groups in total. The Kier molecular flexibility index (Phi) is 6.62. The first kappa shape index (κ1) is 21.1. The fourth-order valence-electron chi connectivity index (χ4n) is 4.33. The van der Waals surface area contributed by atoms with Gasteiger partial charge in [-0.2, -0.15) is 0 Å². The van der Waals surface area contributed by atoms with Gasteiger partial charge in [0.2, 0.25) is 10.0 Å². The van der Waals surface area contributed by atoms with E-state index in [0.717, 1.165) is 32.4 Å². The molecule has 2 saturated heterocycles. The Balaban J connectivity index is 1.47. The van der Waals surface area contributed by atoms with Gasteiger partial charge in [-0.05, 0) is 24.8 Å². The molecule has 1 aromatic rings. The molecule has 1 aromatic carbocycles. The van der Waals surface area contributed by atoms with Crippen LogP contribution in [0.3, 0.4) is 0 Å². The summed E-state index contributed by atoms with van der Waals surface area (Å²) in [6.45, 7) is 6.85. The van der Waals surface area contributed by atoms with E-state index >= 15 is 0 Å². The highest BCUT2D eigenvalue weighted by molar-refractivity contribution is 7.88. The quantitative estimate of drug-likeness (QED) is 0.772. The van der Waals surface area contributed by atoms with Gasteiger partial charge in [0.05, 0.1) is 6.26 Å². The molecule has 0 radical (unpaired) electrons. The first-order valence-electron chi connectivity index (χ1n) is 10.1. The summed E-state index contributed by atoms with van der Waals surface area (Å²) in [5.74, 6) is 0. The van der Waals surface area contributed by atoms with Crippen LogP contribution in [0.2, 0.25) is 0 Å². The minimum atomic E-state index is -3.15. The van der Waals surface area contributed by atoms with Crippen LogP contribution in [-0.2, 0) is 16.4 Å². The number of sulfonamides is 1. The number of nitrogens with zero attached hydrogens (tertiary/aromatic N) is 3. The second-order valence-electron chi connectivity index (χ2n) is 7.87. The van der Waals surface area contributed by atoms with Crippen LogP contribution < -0.4 is 5.32 Å². The number of piperazine rings is 1. The summed E-state index contributed by atoms with van der Waals surface area (Å²) in [5.41, 5.74) is 1.12. The Hall–Kier alpha value is -1.64. The second kappa shape index (κ2) is 8.80. The van der Waals surface area contributed by atoms with Crippen molar-refractivity contribution >= 4 is 16.1 Å². The molecule has 2 fully saturated rings. The van der Waals surface area contributed by atoms with Crippen LogP contribution in [0, 0.1) is 0 Å². The van der Waals surface area contributed by atoms with Gasteiger partial charge >= 0.3 is 6.03 Å². The Bertz CT molecular complexity index is 763. The lowest BCUT2D eigenvalue weighted by molar-refractivity contribution is 0.0478. The minimum absolute atomic E-state index is 0.00897. The fourth-order valence-corrected chi connectivity index (χ4v) is 5.22. The van der Waals surface area contributed by atoms with Gasteiger partial charge in [0.1, 0.15) is 0 Å². The topological polar surface area (TPSA) is 73.0 Å². The summed E-state index contributed by atoms with van der Waals surface area (Å²) < 4.78 is 25.4. The van der Waals surface area contributed by atoms with E-state index in [9.17, 15) is 13.2 Å². The van der Waals surface area contributed by atoms with Gasteiger partial charge < -0.3 is 10.2 Å². The summed E-state index contributed by atoms with van der Waals surface area (Å²) in [6, 6.07) is 10.1. The summed E-state index contributed by atoms with van der Waals surface area (Å²) in [4.78, 5) is 16.7. The SMILES string of the molecule is CCC1(N2CCN(C(=O)NCCc3ccccc3)CC2)CCN(S(C)(=O)=O)C1. The number of hydrogen-bond acceptors (Lipinski definition) is 4. The van der Waals surface area contributed by atoms with Gasteiger partial charge in [0, 0.05) is 51.4 Å². The van der Waals surface area contributed by atoms with Gasteiger partial charge in [-0.1, -0.05) is 37.3 Å². The van der Waals surface area contributed by atoms with Crippen LogP contribution in [0.25, 0.3) is 0 Å². The number of benzene rings is 1. The Morgan fingerprint density at radius 2 is 1.79 bits per heavy atom. The highest BCUT2D eigenvalue weighted by Gasteiger charge is 2.45. The zero-order chi connectivity index (χ0) is 20.2. The number of nitrogens with one attached hydrogen (secondary N) is 1. The van der Waals surface area contributed by atoms with Crippen molar-refractivity contribution in [2.75, 3.05) is 52.1 Å². The smallest absolute Gasteiger partial charge is 0.317 e. The maximum Gasteiger partial charge on any atom is 0.317 e. The van der Waals surface area contributed by atoms with Crippen molar-refractivity contribution in [3.05, 3.63) is 35.9 Å². The Morgan fingerprint density at radius 3 is 2.36 bits per heavy atom. The van der Waals surface area contributed by atoms with Crippen molar-refractivity contribution in [3.63, 3.8) is 0 Å². The second-order valence-corrected chi connectivity index (χ2v) is 9.85. The largest absolute Gasteiger partial charge is 0.338 e. The first-order valence-corrected chi connectivity index (χ1v) is 12.0.